The van der Waals surface area contributed by atoms with Crippen LogP contribution in [0.1, 0.15) is 0 Å². The molecule has 2 aromatic rings. The Hall–Kier alpha value is -3.23. The van der Waals surface area contributed by atoms with Gasteiger partial charge in [0.05, 0.1) is 12.4 Å². The Morgan fingerprint density at radius 2 is 1.90 bits per heavy atom. The van der Waals surface area contributed by atoms with Crippen molar-refractivity contribution in [2.75, 3.05) is 16.8 Å². The summed E-state index contributed by atoms with van der Waals surface area (Å²) in [6, 6.07) is 4.80. The first-order valence-electron chi connectivity index (χ1n) is 5.79. The van der Waals surface area contributed by atoms with E-state index in [1.54, 1.807) is 0 Å². The molecule has 1 aromatic carbocycles. The third-order valence-corrected chi connectivity index (χ3v) is 2.40. The van der Waals surface area contributed by atoms with Gasteiger partial charge in [-0.1, -0.05) is 0 Å². The molecule has 1 heterocycles. The van der Waals surface area contributed by atoms with Crippen molar-refractivity contribution in [1.29, 1.82) is 0 Å². The van der Waals surface area contributed by atoms with Gasteiger partial charge in [0, 0.05) is 5.69 Å². The SMILES string of the molecule is O=C(O)CN(C(=O)Nc1nccnn1)c1ccc(O)cc1. The first-order chi connectivity index (χ1) is 10.1. The summed E-state index contributed by atoms with van der Waals surface area (Å²) in [6.45, 7) is -0.559. The Balaban J connectivity index is 2.21. The molecular formula is C12H11N5O4. The number of nitrogens with zero attached hydrogens (tertiary/aromatic N) is 4. The van der Waals surface area contributed by atoms with Crippen molar-refractivity contribution in [3.63, 3.8) is 0 Å². The van der Waals surface area contributed by atoms with E-state index in [0.29, 0.717) is 5.69 Å². The number of phenolic OH excluding ortho intramolecular Hbond substituents is 1. The fourth-order valence-corrected chi connectivity index (χ4v) is 1.52. The van der Waals surface area contributed by atoms with E-state index in [4.69, 9.17) is 5.11 Å². The molecule has 0 atom stereocenters. The van der Waals surface area contributed by atoms with Crippen molar-refractivity contribution in [3.05, 3.63) is 36.7 Å². The topological polar surface area (TPSA) is 129 Å². The Morgan fingerprint density at radius 1 is 1.19 bits per heavy atom. The monoisotopic (exact) mass is 289 g/mol. The molecule has 2 rings (SSSR count). The number of urea groups is 1. The third-order valence-electron chi connectivity index (χ3n) is 2.40. The average molecular weight is 289 g/mol. The number of nitrogens with one attached hydrogen (secondary N) is 1. The van der Waals surface area contributed by atoms with Gasteiger partial charge in [-0.3, -0.25) is 15.0 Å². The Kier molecular flexibility index (Phi) is 4.24. The predicted octanol–water partition coefficient (Wildman–Crippen LogP) is 0.700. The Morgan fingerprint density at radius 3 is 2.48 bits per heavy atom. The number of phenols is 1. The van der Waals surface area contributed by atoms with E-state index in [-0.39, 0.29) is 11.7 Å². The summed E-state index contributed by atoms with van der Waals surface area (Å²) in [6.07, 6.45) is 2.68. The number of aromatic hydroxyl groups is 1. The van der Waals surface area contributed by atoms with Crippen molar-refractivity contribution in [2.45, 2.75) is 0 Å². The van der Waals surface area contributed by atoms with Crippen LogP contribution in [0.5, 0.6) is 5.75 Å². The summed E-state index contributed by atoms with van der Waals surface area (Å²) in [5.74, 6) is -1.23. The molecule has 0 bridgehead atoms. The zero-order valence-corrected chi connectivity index (χ0v) is 10.7. The van der Waals surface area contributed by atoms with Gasteiger partial charge in [0.25, 0.3) is 5.95 Å². The van der Waals surface area contributed by atoms with Crippen molar-refractivity contribution >= 4 is 23.6 Å². The minimum atomic E-state index is -1.19. The standard InChI is InChI=1S/C12H11N5O4/c18-9-3-1-8(2-4-9)17(7-10(19)20)12(21)15-11-13-5-6-14-16-11/h1-6,18H,7H2,(H,19,20)(H,13,15,16,21). The van der Waals surface area contributed by atoms with Crippen LogP contribution in [0.25, 0.3) is 0 Å². The number of anilines is 2. The van der Waals surface area contributed by atoms with Crippen molar-refractivity contribution in [1.82, 2.24) is 15.2 Å². The van der Waals surface area contributed by atoms with Crippen LogP contribution in [0.3, 0.4) is 0 Å². The molecule has 0 aliphatic carbocycles. The molecule has 21 heavy (non-hydrogen) atoms. The van der Waals surface area contributed by atoms with E-state index in [0.717, 1.165) is 4.90 Å². The largest absolute Gasteiger partial charge is 0.508 e. The van der Waals surface area contributed by atoms with E-state index in [9.17, 15) is 14.7 Å². The highest BCUT2D eigenvalue weighted by atomic mass is 16.4. The molecule has 0 aliphatic rings. The second-order valence-electron chi connectivity index (χ2n) is 3.89. The molecule has 0 aliphatic heterocycles. The molecule has 0 unspecified atom stereocenters. The van der Waals surface area contributed by atoms with E-state index < -0.39 is 18.5 Å². The number of benzene rings is 1. The van der Waals surface area contributed by atoms with Crippen molar-refractivity contribution in [3.8, 4) is 5.75 Å². The number of amides is 2. The third kappa shape index (κ3) is 3.86. The lowest BCUT2D eigenvalue weighted by molar-refractivity contribution is -0.135. The van der Waals surface area contributed by atoms with Crippen LogP contribution in [0.4, 0.5) is 16.4 Å². The number of aromatic nitrogens is 3. The average Bonchev–Trinajstić information content (AvgIpc) is 2.46. The van der Waals surface area contributed by atoms with Gasteiger partial charge in [0.15, 0.2) is 0 Å². The number of carboxylic acid groups (broad SMARTS) is 1. The first-order valence-corrected chi connectivity index (χ1v) is 5.79. The summed E-state index contributed by atoms with van der Waals surface area (Å²) < 4.78 is 0. The van der Waals surface area contributed by atoms with E-state index in [1.807, 2.05) is 0 Å². The van der Waals surface area contributed by atoms with Crippen LogP contribution >= 0.6 is 0 Å². The minimum Gasteiger partial charge on any atom is -0.508 e. The molecule has 0 spiro atoms. The molecule has 3 N–H and O–H groups in total. The van der Waals surface area contributed by atoms with Crippen LogP contribution in [0.2, 0.25) is 0 Å². The van der Waals surface area contributed by atoms with Gasteiger partial charge in [-0.05, 0) is 24.3 Å². The minimum absolute atomic E-state index is 0.00465. The summed E-state index contributed by atoms with van der Waals surface area (Å²) >= 11 is 0. The van der Waals surface area contributed by atoms with Gasteiger partial charge >= 0.3 is 12.0 Å². The molecule has 0 saturated carbocycles. The zero-order chi connectivity index (χ0) is 15.2. The van der Waals surface area contributed by atoms with E-state index in [2.05, 4.69) is 20.5 Å². The number of carbonyl (C=O) groups excluding carboxylic acids is 1. The molecule has 0 saturated heterocycles. The molecule has 0 radical (unpaired) electrons. The number of hydrogen-bond donors (Lipinski definition) is 3. The number of carboxylic acids is 1. The van der Waals surface area contributed by atoms with E-state index in [1.165, 1.54) is 36.7 Å². The summed E-state index contributed by atoms with van der Waals surface area (Å²) in [7, 11) is 0. The van der Waals surface area contributed by atoms with Crippen LogP contribution in [-0.4, -0.2) is 43.9 Å². The zero-order valence-electron chi connectivity index (χ0n) is 10.7. The summed E-state index contributed by atoms with van der Waals surface area (Å²) in [5, 5.41) is 27.6. The second-order valence-corrected chi connectivity index (χ2v) is 3.89. The summed E-state index contributed by atoms with van der Waals surface area (Å²) in [5.41, 5.74) is 0.302. The highest BCUT2D eigenvalue weighted by Gasteiger charge is 2.19. The van der Waals surface area contributed by atoms with Crippen molar-refractivity contribution < 1.29 is 19.8 Å². The van der Waals surface area contributed by atoms with Gasteiger partial charge in [-0.15, -0.1) is 5.10 Å². The maximum absolute atomic E-state index is 12.1. The lowest BCUT2D eigenvalue weighted by Crippen LogP contribution is -2.39. The van der Waals surface area contributed by atoms with Gasteiger partial charge < -0.3 is 10.2 Å². The van der Waals surface area contributed by atoms with E-state index >= 15 is 0 Å². The van der Waals surface area contributed by atoms with Crippen LogP contribution in [0.15, 0.2) is 36.7 Å². The summed E-state index contributed by atoms with van der Waals surface area (Å²) in [4.78, 5) is 27.7. The number of rotatable bonds is 4. The van der Waals surface area contributed by atoms with Gasteiger partial charge in [0.1, 0.15) is 12.3 Å². The maximum Gasteiger partial charge on any atom is 0.329 e. The number of hydrogen-bond acceptors (Lipinski definition) is 6. The maximum atomic E-state index is 12.1. The van der Waals surface area contributed by atoms with Gasteiger partial charge in [-0.25, -0.2) is 9.78 Å². The number of aliphatic carboxylic acids is 1. The van der Waals surface area contributed by atoms with Gasteiger partial charge in [0.2, 0.25) is 0 Å². The molecule has 108 valence electrons. The Labute approximate surface area is 118 Å². The molecule has 0 fully saturated rings. The van der Waals surface area contributed by atoms with Crippen LogP contribution in [0, 0.1) is 0 Å². The Bertz CT molecular complexity index is 632. The lowest BCUT2D eigenvalue weighted by Gasteiger charge is -2.20. The fourth-order valence-electron chi connectivity index (χ4n) is 1.52. The van der Waals surface area contributed by atoms with Crippen LogP contribution in [-0.2, 0) is 4.79 Å². The van der Waals surface area contributed by atoms with Crippen LogP contribution < -0.4 is 10.2 Å². The molecule has 9 nitrogen and oxygen atoms in total. The van der Waals surface area contributed by atoms with Gasteiger partial charge in [-0.2, -0.15) is 5.10 Å². The molecular weight excluding hydrogens is 278 g/mol. The smallest absolute Gasteiger partial charge is 0.329 e. The second kappa shape index (κ2) is 6.28. The quantitative estimate of drug-likeness (QED) is 0.755. The molecule has 2 amide bonds. The lowest BCUT2D eigenvalue weighted by atomic mass is 10.3. The molecule has 1 aromatic heterocycles. The molecule has 9 heteroatoms. The highest BCUT2D eigenvalue weighted by Crippen LogP contribution is 2.19. The predicted molar refractivity (Wildman–Crippen MR) is 71.9 cm³/mol. The van der Waals surface area contributed by atoms with Crippen molar-refractivity contribution in [2.24, 2.45) is 0 Å². The normalized spacial score (nSPS) is 9.90. The first kappa shape index (κ1) is 14.2. The fraction of sp³-hybridized carbons (Fsp3) is 0.0833. The number of carbonyl (C=O) groups is 2. The highest BCUT2D eigenvalue weighted by molar-refractivity contribution is 6.03.